The molecule has 1 N–H and O–H groups in total. The summed E-state index contributed by atoms with van der Waals surface area (Å²) in [7, 11) is 0. The molecule has 32 heavy (non-hydrogen) atoms. The van der Waals surface area contributed by atoms with Crippen LogP contribution in [0.1, 0.15) is 40.9 Å². The topological polar surface area (TPSA) is 80.6 Å². The Morgan fingerprint density at radius 2 is 2.00 bits per heavy atom. The van der Waals surface area contributed by atoms with Crippen LogP contribution in [0.3, 0.4) is 0 Å². The number of nitriles is 1. The number of nitrogens with one attached hydrogen (secondary N) is 1. The van der Waals surface area contributed by atoms with E-state index in [1.165, 1.54) is 0 Å². The molecule has 1 aliphatic heterocycles. The third-order valence-electron chi connectivity index (χ3n) is 5.17. The number of rotatable bonds is 7. The Bertz CT molecular complexity index is 1180. The predicted molar refractivity (Wildman–Crippen MR) is 121 cm³/mol. The largest absolute Gasteiger partial charge is 0.492 e. The molecule has 6 heteroatoms. The number of carbonyl (C=O) groups is 1. The van der Waals surface area contributed by atoms with Gasteiger partial charge in [-0.25, -0.2) is 0 Å². The molecule has 3 aromatic carbocycles. The molecule has 1 amide bonds. The Morgan fingerprint density at radius 3 is 2.81 bits per heavy atom. The van der Waals surface area contributed by atoms with E-state index < -0.39 is 0 Å². The fraction of sp³-hybridized carbons (Fsp3) is 0.231. The minimum absolute atomic E-state index is 0.102. The van der Waals surface area contributed by atoms with Crippen LogP contribution in [0.2, 0.25) is 0 Å². The molecule has 0 aliphatic carbocycles. The zero-order valence-electron chi connectivity index (χ0n) is 18.1. The van der Waals surface area contributed by atoms with E-state index in [2.05, 4.69) is 11.4 Å². The second kappa shape index (κ2) is 9.44. The number of nitrogens with zero attached hydrogens (tertiary/aromatic N) is 1. The van der Waals surface area contributed by atoms with E-state index in [0.717, 1.165) is 23.3 Å². The van der Waals surface area contributed by atoms with E-state index in [1.807, 2.05) is 44.2 Å². The Hall–Kier alpha value is -3.98. The lowest BCUT2D eigenvalue weighted by Crippen LogP contribution is -2.13. The van der Waals surface area contributed by atoms with E-state index in [9.17, 15) is 10.1 Å². The minimum Gasteiger partial charge on any atom is -0.492 e. The number of benzene rings is 3. The van der Waals surface area contributed by atoms with Crippen LogP contribution in [-0.4, -0.2) is 18.6 Å². The molecule has 1 unspecified atom stereocenters. The summed E-state index contributed by atoms with van der Waals surface area (Å²) < 4.78 is 17.4. The monoisotopic (exact) mass is 428 g/mol. The Labute approximate surface area is 187 Å². The van der Waals surface area contributed by atoms with Crippen molar-refractivity contribution in [2.24, 2.45) is 0 Å². The van der Waals surface area contributed by atoms with Crippen molar-refractivity contribution in [3.05, 3.63) is 82.9 Å². The molecular weight excluding hydrogens is 404 g/mol. The summed E-state index contributed by atoms with van der Waals surface area (Å²) in [5.41, 5.74) is 3.45. The lowest BCUT2D eigenvalue weighted by molar-refractivity contribution is 0.102. The molecule has 4 rings (SSSR count). The normalized spacial score (nSPS) is 14.1. The first-order valence-corrected chi connectivity index (χ1v) is 10.6. The van der Waals surface area contributed by atoms with Crippen LogP contribution >= 0.6 is 0 Å². The van der Waals surface area contributed by atoms with Gasteiger partial charge in [-0.15, -0.1) is 0 Å². The first kappa shape index (κ1) is 21.3. The maximum Gasteiger partial charge on any atom is 0.255 e. The van der Waals surface area contributed by atoms with E-state index >= 15 is 0 Å². The van der Waals surface area contributed by atoms with E-state index in [-0.39, 0.29) is 18.6 Å². The van der Waals surface area contributed by atoms with Gasteiger partial charge >= 0.3 is 0 Å². The van der Waals surface area contributed by atoms with E-state index in [1.54, 1.807) is 30.3 Å². The maximum absolute atomic E-state index is 13.0. The van der Waals surface area contributed by atoms with Gasteiger partial charge in [-0.05, 0) is 44.2 Å². The number of hydrogen-bond acceptors (Lipinski definition) is 5. The van der Waals surface area contributed by atoms with Gasteiger partial charge in [0.15, 0.2) is 0 Å². The van der Waals surface area contributed by atoms with Crippen LogP contribution in [0.5, 0.6) is 17.2 Å². The van der Waals surface area contributed by atoms with Gasteiger partial charge in [-0.1, -0.05) is 24.3 Å². The van der Waals surface area contributed by atoms with Gasteiger partial charge in [-0.3, -0.25) is 4.79 Å². The summed E-state index contributed by atoms with van der Waals surface area (Å²) in [5, 5.41) is 12.2. The van der Waals surface area contributed by atoms with Crippen molar-refractivity contribution in [3.8, 4) is 23.3 Å². The highest BCUT2D eigenvalue weighted by Crippen LogP contribution is 2.38. The molecule has 0 saturated carbocycles. The fourth-order valence-electron chi connectivity index (χ4n) is 3.65. The van der Waals surface area contributed by atoms with Crippen LogP contribution in [0.4, 0.5) is 5.69 Å². The number of ether oxygens (including phenoxy) is 3. The highest BCUT2D eigenvalue weighted by atomic mass is 16.5. The molecule has 1 aliphatic rings. The fourth-order valence-corrected chi connectivity index (χ4v) is 3.65. The molecule has 0 spiro atoms. The quantitative estimate of drug-likeness (QED) is 0.565. The van der Waals surface area contributed by atoms with Gasteiger partial charge in [0.25, 0.3) is 5.91 Å². The average molecular weight is 428 g/mol. The van der Waals surface area contributed by atoms with Gasteiger partial charge in [0.2, 0.25) is 0 Å². The van der Waals surface area contributed by atoms with Crippen LogP contribution in [0, 0.1) is 11.3 Å². The standard InChI is InChI=1S/C26H24N2O4/c1-3-30-25-13-21-11-17(2)32-24(21)14-23(25)28-26(29)18-9-6-10-22(12-18)31-16-20-8-5-4-7-19(20)15-27/h4-10,12-14,17H,3,11,16H2,1-2H3,(H,28,29). The predicted octanol–water partition coefficient (Wildman–Crippen LogP) is 5.11. The summed E-state index contributed by atoms with van der Waals surface area (Å²) in [6.07, 6.45) is 0.920. The third kappa shape index (κ3) is 4.68. The number of anilines is 1. The molecule has 0 aromatic heterocycles. The van der Waals surface area contributed by atoms with E-state index in [0.29, 0.717) is 34.9 Å². The lowest BCUT2D eigenvalue weighted by atomic mass is 10.1. The van der Waals surface area contributed by atoms with Gasteiger partial charge in [0.05, 0.1) is 23.9 Å². The zero-order chi connectivity index (χ0) is 22.5. The highest BCUT2D eigenvalue weighted by molar-refractivity contribution is 6.05. The number of amides is 1. The molecular formula is C26H24N2O4. The number of fused-ring (bicyclic) bond motifs is 1. The van der Waals surface area contributed by atoms with Gasteiger partial charge < -0.3 is 19.5 Å². The van der Waals surface area contributed by atoms with Gasteiger partial charge in [0, 0.05) is 29.2 Å². The minimum atomic E-state index is -0.278. The van der Waals surface area contributed by atoms with Gasteiger partial charge in [0.1, 0.15) is 30.0 Å². The Kier molecular flexibility index (Phi) is 6.27. The molecule has 0 fully saturated rings. The van der Waals surface area contributed by atoms with Gasteiger partial charge in [-0.2, -0.15) is 5.26 Å². The zero-order valence-corrected chi connectivity index (χ0v) is 18.1. The van der Waals surface area contributed by atoms with Crippen molar-refractivity contribution < 1.29 is 19.0 Å². The van der Waals surface area contributed by atoms with Crippen LogP contribution in [-0.2, 0) is 13.0 Å². The average Bonchev–Trinajstić information content (AvgIpc) is 3.17. The Morgan fingerprint density at radius 1 is 1.16 bits per heavy atom. The smallest absolute Gasteiger partial charge is 0.255 e. The maximum atomic E-state index is 13.0. The van der Waals surface area contributed by atoms with Crippen molar-refractivity contribution >= 4 is 11.6 Å². The van der Waals surface area contributed by atoms with Crippen molar-refractivity contribution in [3.63, 3.8) is 0 Å². The first-order valence-electron chi connectivity index (χ1n) is 10.6. The SMILES string of the molecule is CCOc1cc2c(cc1NC(=O)c1cccc(OCc3ccccc3C#N)c1)OC(C)C2. The summed E-state index contributed by atoms with van der Waals surface area (Å²) in [6, 6.07) is 20.1. The first-order chi connectivity index (χ1) is 15.6. The number of carbonyl (C=O) groups excluding carboxylic acids is 1. The molecule has 6 nitrogen and oxygen atoms in total. The summed E-state index contributed by atoms with van der Waals surface area (Å²) in [6.45, 7) is 4.65. The van der Waals surface area contributed by atoms with E-state index in [4.69, 9.17) is 14.2 Å². The van der Waals surface area contributed by atoms with Crippen molar-refractivity contribution in [2.75, 3.05) is 11.9 Å². The molecule has 1 atom stereocenters. The summed E-state index contributed by atoms with van der Waals surface area (Å²) in [4.78, 5) is 13.0. The van der Waals surface area contributed by atoms with Crippen molar-refractivity contribution in [1.29, 1.82) is 5.26 Å². The number of hydrogen-bond donors (Lipinski definition) is 1. The highest BCUT2D eigenvalue weighted by Gasteiger charge is 2.23. The lowest BCUT2D eigenvalue weighted by Gasteiger charge is -2.14. The molecule has 0 saturated heterocycles. The molecule has 1 heterocycles. The second-order valence-electron chi connectivity index (χ2n) is 7.56. The van der Waals surface area contributed by atoms with Crippen LogP contribution < -0.4 is 19.5 Å². The second-order valence-corrected chi connectivity index (χ2v) is 7.56. The van der Waals surface area contributed by atoms with Crippen LogP contribution in [0.15, 0.2) is 60.7 Å². The molecule has 0 bridgehead atoms. The van der Waals surface area contributed by atoms with Crippen molar-refractivity contribution in [1.82, 2.24) is 0 Å². The van der Waals surface area contributed by atoms with Crippen LogP contribution in [0.25, 0.3) is 0 Å². The molecule has 3 aromatic rings. The summed E-state index contributed by atoms with van der Waals surface area (Å²) >= 11 is 0. The Balaban J connectivity index is 1.50. The molecule has 0 radical (unpaired) electrons. The third-order valence-corrected chi connectivity index (χ3v) is 5.17. The molecule has 162 valence electrons. The van der Waals surface area contributed by atoms with Crippen molar-refractivity contribution in [2.45, 2.75) is 33.0 Å². The summed E-state index contributed by atoms with van der Waals surface area (Å²) in [5.74, 6) is 1.66.